The van der Waals surface area contributed by atoms with Crippen LogP contribution in [0.2, 0.25) is 0 Å². The summed E-state index contributed by atoms with van der Waals surface area (Å²) in [5, 5.41) is 10.9. The summed E-state index contributed by atoms with van der Waals surface area (Å²) in [5.41, 5.74) is -0.0313. The minimum absolute atomic E-state index is 0.0313. The van der Waals surface area contributed by atoms with E-state index in [0.717, 1.165) is 25.7 Å². The van der Waals surface area contributed by atoms with Crippen LogP contribution in [0.4, 0.5) is 5.69 Å². The van der Waals surface area contributed by atoms with Gasteiger partial charge in [-0.25, -0.2) is 0 Å². The lowest BCUT2D eigenvalue weighted by Gasteiger charge is -2.15. The Morgan fingerprint density at radius 1 is 1.35 bits per heavy atom. The van der Waals surface area contributed by atoms with E-state index in [-0.39, 0.29) is 17.5 Å². The maximum absolute atomic E-state index is 10.9. The largest absolute Gasteiger partial charge is 0.493 e. The summed E-state index contributed by atoms with van der Waals surface area (Å²) in [4.78, 5) is 10.5. The molecule has 5 nitrogen and oxygen atoms in total. The van der Waals surface area contributed by atoms with E-state index in [2.05, 4.69) is 0 Å². The Hall–Kier alpha value is -1.78. The molecule has 0 unspecified atom stereocenters. The van der Waals surface area contributed by atoms with Gasteiger partial charge in [0.25, 0.3) is 0 Å². The van der Waals surface area contributed by atoms with Gasteiger partial charge >= 0.3 is 5.69 Å². The van der Waals surface area contributed by atoms with Crippen LogP contribution < -0.4 is 9.47 Å². The predicted molar refractivity (Wildman–Crippen MR) is 62.5 cm³/mol. The molecular formula is C12H15NO4. The first-order chi connectivity index (χ1) is 8.22. The average molecular weight is 237 g/mol. The Morgan fingerprint density at radius 2 is 2.06 bits per heavy atom. The molecule has 0 radical (unpaired) electrons. The fourth-order valence-corrected chi connectivity index (χ4v) is 2.10. The zero-order valence-corrected chi connectivity index (χ0v) is 9.72. The number of ether oxygens (including phenoxy) is 2. The standard InChI is InChI=1S/C12H15NO4/c1-16-11-8-4-7-10(13(14)15)12(11)17-9-5-2-3-6-9/h4,7-9H,2-3,5-6H2,1H3. The lowest BCUT2D eigenvalue weighted by molar-refractivity contribution is -0.386. The Balaban J connectivity index is 2.30. The molecule has 5 heteroatoms. The molecule has 17 heavy (non-hydrogen) atoms. The lowest BCUT2D eigenvalue weighted by atomic mass is 10.2. The van der Waals surface area contributed by atoms with Crippen molar-refractivity contribution in [1.82, 2.24) is 0 Å². The van der Waals surface area contributed by atoms with Crippen LogP contribution in [0.1, 0.15) is 25.7 Å². The van der Waals surface area contributed by atoms with Gasteiger partial charge in [0.15, 0.2) is 5.75 Å². The molecule has 0 spiro atoms. The Bertz CT molecular complexity index is 413. The van der Waals surface area contributed by atoms with E-state index in [1.54, 1.807) is 12.1 Å². The van der Waals surface area contributed by atoms with Gasteiger partial charge < -0.3 is 9.47 Å². The molecule has 1 aliphatic carbocycles. The van der Waals surface area contributed by atoms with Gasteiger partial charge in [0.05, 0.1) is 18.1 Å². The molecule has 0 amide bonds. The summed E-state index contributed by atoms with van der Waals surface area (Å²) in [6.07, 6.45) is 4.22. The highest BCUT2D eigenvalue weighted by molar-refractivity contribution is 5.55. The molecule has 1 aromatic rings. The van der Waals surface area contributed by atoms with Gasteiger partial charge in [-0.2, -0.15) is 0 Å². The monoisotopic (exact) mass is 237 g/mol. The van der Waals surface area contributed by atoms with Crippen LogP contribution in [0, 0.1) is 10.1 Å². The number of nitrogens with zero attached hydrogens (tertiary/aromatic N) is 1. The van der Waals surface area contributed by atoms with Gasteiger partial charge in [-0.3, -0.25) is 10.1 Å². The number of hydrogen-bond acceptors (Lipinski definition) is 4. The SMILES string of the molecule is COc1cccc([N+](=O)[O-])c1OC1CCCC1. The average Bonchev–Trinajstić information content (AvgIpc) is 2.82. The van der Waals surface area contributed by atoms with E-state index in [1.165, 1.54) is 13.2 Å². The first kappa shape index (κ1) is 11.7. The number of nitro benzene ring substituents is 1. The van der Waals surface area contributed by atoms with Crippen LogP contribution >= 0.6 is 0 Å². The van der Waals surface area contributed by atoms with Crippen molar-refractivity contribution in [2.75, 3.05) is 7.11 Å². The molecular weight excluding hydrogens is 222 g/mol. The van der Waals surface area contributed by atoms with E-state index in [0.29, 0.717) is 5.75 Å². The number of rotatable bonds is 4. The van der Waals surface area contributed by atoms with Crippen molar-refractivity contribution in [2.45, 2.75) is 31.8 Å². The van der Waals surface area contributed by atoms with Crippen molar-refractivity contribution in [3.63, 3.8) is 0 Å². The molecule has 1 aliphatic rings. The second-order valence-corrected chi connectivity index (χ2v) is 4.09. The molecule has 92 valence electrons. The van der Waals surface area contributed by atoms with E-state index >= 15 is 0 Å². The lowest BCUT2D eigenvalue weighted by Crippen LogP contribution is -2.12. The summed E-state index contributed by atoms with van der Waals surface area (Å²) in [5.74, 6) is 0.679. The normalized spacial score (nSPS) is 15.8. The van der Waals surface area contributed by atoms with Crippen LogP contribution in [0.5, 0.6) is 11.5 Å². The highest BCUT2D eigenvalue weighted by Crippen LogP contribution is 2.39. The summed E-state index contributed by atoms with van der Waals surface area (Å²) in [6, 6.07) is 4.71. The maximum Gasteiger partial charge on any atom is 0.314 e. The quantitative estimate of drug-likeness (QED) is 0.596. The molecule has 0 N–H and O–H groups in total. The van der Waals surface area contributed by atoms with Crippen molar-refractivity contribution < 1.29 is 14.4 Å². The van der Waals surface area contributed by atoms with Gasteiger partial charge in [-0.15, -0.1) is 0 Å². The van der Waals surface area contributed by atoms with E-state index < -0.39 is 4.92 Å². The summed E-state index contributed by atoms with van der Waals surface area (Å²) in [7, 11) is 1.49. The number of benzene rings is 1. The van der Waals surface area contributed by atoms with Gasteiger partial charge in [-0.1, -0.05) is 6.07 Å². The number of methoxy groups -OCH3 is 1. The number of para-hydroxylation sites is 1. The van der Waals surface area contributed by atoms with Crippen molar-refractivity contribution in [1.29, 1.82) is 0 Å². The minimum atomic E-state index is -0.438. The number of hydrogen-bond donors (Lipinski definition) is 0. The Kier molecular flexibility index (Phi) is 3.46. The zero-order valence-electron chi connectivity index (χ0n) is 9.72. The van der Waals surface area contributed by atoms with Crippen molar-refractivity contribution in [2.24, 2.45) is 0 Å². The molecule has 1 aromatic carbocycles. The predicted octanol–water partition coefficient (Wildman–Crippen LogP) is 2.92. The Morgan fingerprint density at radius 3 is 2.65 bits per heavy atom. The van der Waals surface area contributed by atoms with Crippen LogP contribution in [0.3, 0.4) is 0 Å². The molecule has 2 rings (SSSR count). The van der Waals surface area contributed by atoms with Crippen LogP contribution in [-0.4, -0.2) is 18.1 Å². The fourth-order valence-electron chi connectivity index (χ4n) is 2.10. The third-order valence-electron chi connectivity index (χ3n) is 2.96. The fraction of sp³-hybridized carbons (Fsp3) is 0.500. The Labute approximate surface area is 99.5 Å². The molecule has 0 bridgehead atoms. The van der Waals surface area contributed by atoms with Gasteiger partial charge in [-0.05, 0) is 31.7 Å². The second kappa shape index (κ2) is 5.03. The van der Waals surface area contributed by atoms with Crippen LogP contribution in [0.15, 0.2) is 18.2 Å². The van der Waals surface area contributed by atoms with E-state index in [1.807, 2.05) is 0 Å². The van der Waals surface area contributed by atoms with Crippen molar-refractivity contribution in [3.05, 3.63) is 28.3 Å². The molecule has 0 aromatic heterocycles. The second-order valence-electron chi connectivity index (χ2n) is 4.09. The smallest absolute Gasteiger partial charge is 0.314 e. The summed E-state index contributed by atoms with van der Waals surface area (Å²) >= 11 is 0. The summed E-state index contributed by atoms with van der Waals surface area (Å²) < 4.78 is 10.8. The van der Waals surface area contributed by atoms with Gasteiger partial charge in [0.2, 0.25) is 5.75 Å². The van der Waals surface area contributed by atoms with Crippen LogP contribution in [-0.2, 0) is 0 Å². The van der Waals surface area contributed by atoms with E-state index in [9.17, 15) is 10.1 Å². The van der Waals surface area contributed by atoms with Crippen molar-refractivity contribution in [3.8, 4) is 11.5 Å². The van der Waals surface area contributed by atoms with Crippen molar-refractivity contribution >= 4 is 5.69 Å². The molecule has 1 fully saturated rings. The third-order valence-corrected chi connectivity index (χ3v) is 2.96. The third kappa shape index (κ3) is 2.49. The molecule has 0 heterocycles. The van der Waals surface area contributed by atoms with E-state index in [4.69, 9.17) is 9.47 Å². The van der Waals surface area contributed by atoms with Crippen LogP contribution in [0.25, 0.3) is 0 Å². The highest BCUT2D eigenvalue weighted by Gasteiger charge is 2.25. The first-order valence-corrected chi connectivity index (χ1v) is 5.70. The van der Waals surface area contributed by atoms with Gasteiger partial charge in [0.1, 0.15) is 0 Å². The minimum Gasteiger partial charge on any atom is -0.493 e. The molecule has 0 aliphatic heterocycles. The summed E-state index contributed by atoms with van der Waals surface area (Å²) in [6.45, 7) is 0. The topological polar surface area (TPSA) is 61.6 Å². The zero-order chi connectivity index (χ0) is 12.3. The molecule has 0 saturated heterocycles. The molecule has 0 atom stereocenters. The van der Waals surface area contributed by atoms with Gasteiger partial charge in [0, 0.05) is 6.07 Å². The molecule has 1 saturated carbocycles. The highest BCUT2D eigenvalue weighted by atomic mass is 16.6. The first-order valence-electron chi connectivity index (χ1n) is 5.70. The maximum atomic E-state index is 10.9. The number of nitro groups is 1.